The van der Waals surface area contributed by atoms with Crippen LogP contribution in [-0.4, -0.2) is 43.0 Å². The molecule has 122 valence electrons. The van der Waals surface area contributed by atoms with Crippen molar-refractivity contribution in [2.24, 2.45) is 11.7 Å². The molecule has 2 N–H and O–H groups in total. The topological polar surface area (TPSA) is 81.9 Å². The Labute approximate surface area is 138 Å². The van der Waals surface area contributed by atoms with Crippen LogP contribution in [-0.2, 0) is 9.59 Å². The van der Waals surface area contributed by atoms with Crippen LogP contribution in [0.1, 0.15) is 12.0 Å². The van der Waals surface area contributed by atoms with Crippen LogP contribution in [0.4, 0.5) is 0 Å². The number of carbonyl (C=O) groups is 2. The van der Waals surface area contributed by atoms with E-state index in [1.807, 2.05) is 0 Å². The first-order valence-electron chi connectivity index (χ1n) is 7.40. The van der Waals surface area contributed by atoms with Crippen LogP contribution in [0.2, 0.25) is 5.02 Å². The Bertz CT molecular complexity index is 674. The number of benzene rings is 1. The van der Waals surface area contributed by atoms with Crippen molar-refractivity contribution in [3.63, 3.8) is 0 Å². The minimum Gasteiger partial charge on any atom is -0.486 e. The quantitative estimate of drug-likeness (QED) is 0.847. The molecule has 2 heterocycles. The molecule has 1 aromatic carbocycles. The molecule has 3 rings (SSSR count). The van der Waals surface area contributed by atoms with Crippen molar-refractivity contribution in [2.45, 2.75) is 6.42 Å². The lowest BCUT2D eigenvalue weighted by Crippen LogP contribution is -2.30. The standard InChI is InChI=1S/C16H17ClN2O4/c17-12-7-10(8-13-15(12)23-6-5-22-13)1-2-14(20)19-4-3-11(9-19)16(18)21/h1-2,7-8,11H,3-6,9H2,(H2,18,21)/b2-1+/t11-/m0/s1. The second-order valence-corrected chi connectivity index (χ2v) is 5.94. The van der Waals surface area contributed by atoms with Gasteiger partial charge in [0.25, 0.3) is 0 Å². The first-order valence-corrected chi connectivity index (χ1v) is 7.78. The minimum absolute atomic E-state index is 0.153. The molecule has 2 aliphatic heterocycles. The highest BCUT2D eigenvalue weighted by atomic mass is 35.5. The molecule has 2 aliphatic rings. The van der Waals surface area contributed by atoms with Crippen LogP contribution in [0.3, 0.4) is 0 Å². The van der Waals surface area contributed by atoms with Gasteiger partial charge >= 0.3 is 0 Å². The molecule has 1 aromatic rings. The van der Waals surface area contributed by atoms with E-state index in [0.717, 1.165) is 5.56 Å². The monoisotopic (exact) mass is 336 g/mol. The molecular formula is C16H17ClN2O4. The molecule has 0 radical (unpaired) electrons. The molecule has 0 aromatic heterocycles. The Hall–Kier alpha value is -2.21. The minimum atomic E-state index is -0.358. The van der Waals surface area contributed by atoms with Crippen molar-refractivity contribution >= 4 is 29.5 Å². The van der Waals surface area contributed by atoms with Crippen LogP contribution in [0.25, 0.3) is 6.08 Å². The average molecular weight is 337 g/mol. The normalized spacial score (nSPS) is 20.0. The van der Waals surface area contributed by atoms with Gasteiger partial charge in [-0.1, -0.05) is 11.6 Å². The Kier molecular flexibility index (Phi) is 4.43. The van der Waals surface area contributed by atoms with Gasteiger partial charge in [-0.25, -0.2) is 0 Å². The summed E-state index contributed by atoms with van der Waals surface area (Å²) in [7, 11) is 0. The van der Waals surface area contributed by atoms with Gasteiger partial charge in [-0.05, 0) is 30.2 Å². The third-order valence-corrected chi connectivity index (χ3v) is 4.22. The first-order chi connectivity index (χ1) is 11.0. The molecule has 0 aliphatic carbocycles. The summed E-state index contributed by atoms with van der Waals surface area (Å²) < 4.78 is 11.0. The number of primary amides is 1. The zero-order valence-corrected chi connectivity index (χ0v) is 13.2. The molecule has 6 nitrogen and oxygen atoms in total. The van der Waals surface area contributed by atoms with Gasteiger partial charge in [0, 0.05) is 19.2 Å². The number of likely N-dealkylation sites (tertiary alicyclic amines) is 1. The lowest BCUT2D eigenvalue weighted by atomic mass is 10.1. The number of ether oxygens (including phenoxy) is 2. The Morgan fingerprint density at radius 1 is 1.30 bits per heavy atom. The van der Waals surface area contributed by atoms with Crippen LogP contribution in [0.5, 0.6) is 11.5 Å². The molecule has 7 heteroatoms. The van der Waals surface area contributed by atoms with Crippen molar-refractivity contribution in [3.05, 3.63) is 28.8 Å². The molecular weight excluding hydrogens is 320 g/mol. The van der Waals surface area contributed by atoms with E-state index in [0.29, 0.717) is 49.2 Å². The number of hydrogen-bond donors (Lipinski definition) is 1. The lowest BCUT2D eigenvalue weighted by Gasteiger charge is -2.19. The van der Waals surface area contributed by atoms with Crippen LogP contribution in [0, 0.1) is 5.92 Å². The number of nitrogens with zero attached hydrogens (tertiary/aromatic N) is 1. The number of amides is 2. The van der Waals surface area contributed by atoms with E-state index in [4.69, 9.17) is 26.8 Å². The molecule has 1 atom stereocenters. The fraction of sp³-hybridized carbons (Fsp3) is 0.375. The molecule has 2 amide bonds. The highest BCUT2D eigenvalue weighted by molar-refractivity contribution is 6.32. The average Bonchev–Trinajstić information content (AvgIpc) is 3.03. The predicted molar refractivity (Wildman–Crippen MR) is 85.4 cm³/mol. The maximum atomic E-state index is 12.2. The Morgan fingerprint density at radius 2 is 2.09 bits per heavy atom. The summed E-state index contributed by atoms with van der Waals surface area (Å²) in [5, 5.41) is 0.448. The van der Waals surface area contributed by atoms with Gasteiger partial charge in [-0.2, -0.15) is 0 Å². The molecule has 0 bridgehead atoms. The summed E-state index contributed by atoms with van der Waals surface area (Å²) in [6, 6.07) is 3.50. The van der Waals surface area contributed by atoms with Gasteiger partial charge in [0.05, 0.1) is 10.9 Å². The maximum Gasteiger partial charge on any atom is 0.246 e. The van der Waals surface area contributed by atoms with Gasteiger partial charge in [0.1, 0.15) is 13.2 Å². The van der Waals surface area contributed by atoms with Crippen molar-refractivity contribution in [2.75, 3.05) is 26.3 Å². The van der Waals surface area contributed by atoms with E-state index in [9.17, 15) is 9.59 Å². The van der Waals surface area contributed by atoms with Gasteiger partial charge in [-0.3, -0.25) is 9.59 Å². The van der Waals surface area contributed by atoms with Crippen molar-refractivity contribution < 1.29 is 19.1 Å². The summed E-state index contributed by atoms with van der Waals surface area (Å²) in [4.78, 5) is 24.9. The van der Waals surface area contributed by atoms with Crippen LogP contribution < -0.4 is 15.2 Å². The molecule has 1 saturated heterocycles. The third-order valence-electron chi connectivity index (χ3n) is 3.94. The maximum absolute atomic E-state index is 12.2. The molecule has 0 spiro atoms. The largest absolute Gasteiger partial charge is 0.486 e. The van der Waals surface area contributed by atoms with E-state index in [-0.39, 0.29) is 17.7 Å². The molecule has 23 heavy (non-hydrogen) atoms. The predicted octanol–water partition coefficient (Wildman–Crippen LogP) is 1.46. The van der Waals surface area contributed by atoms with E-state index in [1.54, 1.807) is 23.1 Å². The summed E-state index contributed by atoms with van der Waals surface area (Å²) in [6.45, 7) is 1.85. The summed E-state index contributed by atoms with van der Waals surface area (Å²) in [5.74, 6) is 0.342. The van der Waals surface area contributed by atoms with E-state index < -0.39 is 0 Å². The number of nitrogens with two attached hydrogens (primary N) is 1. The molecule has 0 unspecified atom stereocenters. The lowest BCUT2D eigenvalue weighted by molar-refractivity contribution is -0.125. The fourth-order valence-corrected chi connectivity index (χ4v) is 2.97. The van der Waals surface area contributed by atoms with Crippen LogP contribution >= 0.6 is 11.6 Å². The fourth-order valence-electron chi connectivity index (χ4n) is 2.69. The highest BCUT2D eigenvalue weighted by Gasteiger charge is 2.28. The number of hydrogen-bond acceptors (Lipinski definition) is 4. The Morgan fingerprint density at radius 3 is 2.83 bits per heavy atom. The van der Waals surface area contributed by atoms with Crippen molar-refractivity contribution in [3.8, 4) is 11.5 Å². The smallest absolute Gasteiger partial charge is 0.246 e. The van der Waals surface area contributed by atoms with E-state index in [2.05, 4.69) is 0 Å². The van der Waals surface area contributed by atoms with Crippen LogP contribution in [0.15, 0.2) is 18.2 Å². The summed E-state index contributed by atoms with van der Waals surface area (Å²) >= 11 is 6.16. The number of fused-ring (bicyclic) bond motifs is 1. The zero-order chi connectivity index (χ0) is 16.4. The second-order valence-electron chi connectivity index (χ2n) is 5.53. The number of carbonyl (C=O) groups excluding carboxylic acids is 2. The molecule has 1 fully saturated rings. The molecule has 0 saturated carbocycles. The second kappa shape index (κ2) is 6.50. The third kappa shape index (κ3) is 3.42. The van der Waals surface area contributed by atoms with Gasteiger partial charge in [0.2, 0.25) is 11.8 Å². The van der Waals surface area contributed by atoms with Gasteiger partial charge in [-0.15, -0.1) is 0 Å². The Balaban J connectivity index is 1.69. The van der Waals surface area contributed by atoms with Crippen molar-refractivity contribution in [1.29, 1.82) is 0 Å². The number of rotatable bonds is 3. The SMILES string of the molecule is NC(=O)[C@H]1CCN(C(=O)/C=C/c2cc(Cl)c3c(c2)OCCO3)C1. The summed E-state index contributed by atoms with van der Waals surface area (Å²) in [5.41, 5.74) is 6.02. The van der Waals surface area contributed by atoms with E-state index in [1.165, 1.54) is 6.08 Å². The van der Waals surface area contributed by atoms with Gasteiger partial charge in [0.15, 0.2) is 11.5 Å². The first kappa shape index (κ1) is 15.7. The van der Waals surface area contributed by atoms with E-state index >= 15 is 0 Å². The van der Waals surface area contributed by atoms with Crippen molar-refractivity contribution in [1.82, 2.24) is 4.90 Å². The summed E-state index contributed by atoms with van der Waals surface area (Å²) in [6.07, 6.45) is 3.75. The zero-order valence-electron chi connectivity index (χ0n) is 12.5. The number of halogens is 1. The highest BCUT2D eigenvalue weighted by Crippen LogP contribution is 2.38. The van der Waals surface area contributed by atoms with Gasteiger partial charge < -0.3 is 20.1 Å².